The third-order valence-electron chi connectivity index (χ3n) is 4.04. The predicted molar refractivity (Wildman–Crippen MR) is 94.9 cm³/mol. The highest BCUT2D eigenvalue weighted by molar-refractivity contribution is 5.84. The molecule has 0 aromatic carbocycles. The SMILES string of the molecule is CCCCc1nc(CCC)c2nc3c(CC)nc(C)nc3nc2n1. The van der Waals surface area contributed by atoms with Crippen LogP contribution in [0.3, 0.4) is 0 Å². The van der Waals surface area contributed by atoms with Crippen molar-refractivity contribution in [2.45, 2.75) is 66.2 Å². The fraction of sp³-hybridized carbons (Fsp3) is 0.556. The molecule has 0 fully saturated rings. The molecule has 0 bridgehead atoms. The molecule has 0 N–H and O–H groups in total. The summed E-state index contributed by atoms with van der Waals surface area (Å²) in [6.45, 7) is 8.29. The Morgan fingerprint density at radius 2 is 1.42 bits per heavy atom. The van der Waals surface area contributed by atoms with E-state index in [0.29, 0.717) is 11.3 Å². The average Bonchev–Trinajstić information content (AvgIpc) is 2.58. The molecule has 0 radical (unpaired) electrons. The third-order valence-corrected chi connectivity index (χ3v) is 4.04. The van der Waals surface area contributed by atoms with Crippen molar-refractivity contribution in [3.63, 3.8) is 0 Å². The topological polar surface area (TPSA) is 77.3 Å². The molecule has 3 aromatic heterocycles. The molecule has 0 amide bonds. The van der Waals surface area contributed by atoms with Gasteiger partial charge in [-0.15, -0.1) is 0 Å². The third kappa shape index (κ3) is 3.18. The summed E-state index contributed by atoms with van der Waals surface area (Å²) in [6.07, 6.45) is 5.79. The van der Waals surface area contributed by atoms with Crippen molar-refractivity contribution in [1.29, 1.82) is 0 Å². The average molecular weight is 324 g/mol. The first kappa shape index (κ1) is 16.6. The number of aryl methyl sites for hydroxylation is 4. The van der Waals surface area contributed by atoms with Gasteiger partial charge in [0.25, 0.3) is 0 Å². The zero-order valence-electron chi connectivity index (χ0n) is 14.9. The Labute approximate surface area is 142 Å². The lowest BCUT2D eigenvalue weighted by Gasteiger charge is -2.09. The van der Waals surface area contributed by atoms with Gasteiger partial charge in [0.05, 0.1) is 11.4 Å². The summed E-state index contributed by atoms with van der Waals surface area (Å²) < 4.78 is 0. The van der Waals surface area contributed by atoms with Gasteiger partial charge in [-0.3, -0.25) is 0 Å². The van der Waals surface area contributed by atoms with E-state index in [0.717, 1.165) is 72.6 Å². The molecule has 0 saturated carbocycles. The number of hydrogen-bond acceptors (Lipinski definition) is 6. The van der Waals surface area contributed by atoms with Crippen LogP contribution in [0.1, 0.15) is 63.1 Å². The van der Waals surface area contributed by atoms with Gasteiger partial charge in [-0.2, -0.15) is 0 Å². The van der Waals surface area contributed by atoms with E-state index < -0.39 is 0 Å². The van der Waals surface area contributed by atoms with Crippen molar-refractivity contribution >= 4 is 22.3 Å². The van der Waals surface area contributed by atoms with Crippen molar-refractivity contribution in [3.8, 4) is 0 Å². The molecule has 0 aliphatic rings. The quantitative estimate of drug-likeness (QED) is 0.646. The molecule has 126 valence electrons. The van der Waals surface area contributed by atoms with Crippen molar-refractivity contribution in [3.05, 3.63) is 23.0 Å². The normalized spacial score (nSPS) is 11.5. The maximum atomic E-state index is 4.82. The summed E-state index contributed by atoms with van der Waals surface area (Å²) in [6, 6.07) is 0. The van der Waals surface area contributed by atoms with Crippen molar-refractivity contribution in [2.75, 3.05) is 0 Å². The molecule has 3 aromatic rings. The van der Waals surface area contributed by atoms with Crippen LogP contribution in [0.15, 0.2) is 0 Å². The van der Waals surface area contributed by atoms with Crippen LogP contribution in [0.25, 0.3) is 22.3 Å². The van der Waals surface area contributed by atoms with Crippen molar-refractivity contribution < 1.29 is 0 Å². The van der Waals surface area contributed by atoms with E-state index >= 15 is 0 Å². The van der Waals surface area contributed by atoms with E-state index in [1.54, 1.807) is 0 Å². The number of aromatic nitrogens is 6. The van der Waals surface area contributed by atoms with Gasteiger partial charge in [0.1, 0.15) is 22.7 Å². The second-order valence-corrected chi connectivity index (χ2v) is 6.08. The minimum atomic E-state index is 0.634. The Bertz CT molecular complexity index is 874. The van der Waals surface area contributed by atoms with Crippen LogP contribution in [0.5, 0.6) is 0 Å². The molecule has 0 atom stereocenters. The fourth-order valence-electron chi connectivity index (χ4n) is 2.85. The van der Waals surface area contributed by atoms with E-state index in [2.05, 4.69) is 35.7 Å². The molecular weight excluding hydrogens is 300 g/mol. The molecule has 6 nitrogen and oxygen atoms in total. The van der Waals surface area contributed by atoms with E-state index in [9.17, 15) is 0 Å². The van der Waals surface area contributed by atoms with Crippen LogP contribution in [-0.4, -0.2) is 29.9 Å². The number of hydrogen-bond donors (Lipinski definition) is 0. The zero-order chi connectivity index (χ0) is 17.1. The summed E-state index contributed by atoms with van der Waals surface area (Å²) in [4.78, 5) is 27.9. The van der Waals surface area contributed by atoms with Gasteiger partial charge >= 0.3 is 0 Å². The molecule has 3 rings (SSSR count). The van der Waals surface area contributed by atoms with E-state index in [-0.39, 0.29) is 0 Å². The number of fused-ring (bicyclic) bond motifs is 2. The maximum absolute atomic E-state index is 4.82. The second kappa shape index (κ2) is 7.11. The standard InChI is InChI=1S/C18H24N6/c1-5-8-10-14-21-13(9-6-2)16-18(22-14)24-17-15(23-16)12(7-3)19-11(4)20-17/h5-10H2,1-4H3. The molecule has 0 saturated heterocycles. The molecule has 3 heterocycles. The smallest absolute Gasteiger partial charge is 0.184 e. The largest absolute Gasteiger partial charge is 0.237 e. The van der Waals surface area contributed by atoms with Gasteiger partial charge in [0.2, 0.25) is 0 Å². The first-order chi connectivity index (χ1) is 11.7. The first-order valence-corrected chi connectivity index (χ1v) is 8.87. The van der Waals surface area contributed by atoms with E-state index in [4.69, 9.17) is 15.0 Å². The summed E-state index contributed by atoms with van der Waals surface area (Å²) in [5, 5.41) is 0. The zero-order valence-corrected chi connectivity index (χ0v) is 14.9. The molecule has 0 unspecified atom stereocenters. The maximum Gasteiger partial charge on any atom is 0.184 e. The van der Waals surface area contributed by atoms with Crippen LogP contribution >= 0.6 is 0 Å². The number of nitrogens with zero attached hydrogens (tertiary/aromatic N) is 6. The Morgan fingerprint density at radius 1 is 0.667 bits per heavy atom. The highest BCUT2D eigenvalue weighted by atomic mass is 15.0. The second-order valence-electron chi connectivity index (χ2n) is 6.08. The Kier molecular flexibility index (Phi) is 4.92. The van der Waals surface area contributed by atoms with Gasteiger partial charge in [0.15, 0.2) is 11.3 Å². The van der Waals surface area contributed by atoms with Gasteiger partial charge in [-0.25, -0.2) is 29.9 Å². The lowest BCUT2D eigenvalue weighted by atomic mass is 10.2. The summed E-state index contributed by atoms with van der Waals surface area (Å²) in [5.74, 6) is 1.59. The summed E-state index contributed by atoms with van der Waals surface area (Å²) in [7, 11) is 0. The molecular formula is C18H24N6. The van der Waals surface area contributed by atoms with E-state index in [1.165, 1.54) is 0 Å². The number of unbranched alkanes of at least 4 members (excludes halogenated alkanes) is 1. The first-order valence-electron chi connectivity index (χ1n) is 8.87. The van der Waals surface area contributed by atoms with Crippen LogP contribution in [0, 0.1) is 6.92 Å². The van der Waals surface area contributed by atoms with Gasteiger partial charge in [-0.1, -0.05) is 33.6 Å². The molecule has 0 spiro atoms. The lowest BCUT2D eigenvalue weighted by molar-refractivity contribution is 0.743. The van der Waals surface area contributed by atoms with Crippen LogP contribution < -0.4 is 0 Å². The van der Waals surface area contributed by atoms with Crippen LogP contribution in [0.4, 0.5) is 0 Å². The molecule has 0 aliphatic heterocycles. The minimum absolute atomic E-state index is 0.634. The Hall–Kier alpha value is -2.24. The van der Waals surface area contributed by atoms with E-state index in [1.807, 2.05) is 6.92 Å². The summed E-state index contributed by atoms with van der Waals surface area (Å²) in [5.41, 5.74) is 4.79. The predicted octanol–water partition coefficient (Wildman–Crippen LogP) is 3.53. The molecule has 24 heavy (non-hydrogen) atoms. The lowest BCUT2D eigenvalue weighted by Crippen LogP contribution is -2.07. The Balaban J connectivity index is 2.26. The molecule has 6 heteroatoms. The fourth-order valence-corrected chi connectivity index (χ4v) is 2.85. The van der Waals surface area contributed by atoms with Crippen molar-refractivity contribution in [2.24, 2.45) is 0 Å². The monoisotopic (exact) mass is 324 g/mol. The van der Waals surface area contributed by atoms with Crippen LogP contribution in [-0.2, 0) is 19.3 Å². The van der Waals surface area contributed by atoms with Gasteiger partial charge in [0, 0.05) is 6.42 Å². The highest BCUT2D eigenvalue weighted by Gasteiger charge is 2.14. The summed E-state index contributed by atoms with van der Waals surface area (Å²) >= 11 is 0. The Morgan fingerprint density at radius 3 is 2.12 bits per heavy atom. The van der Waals surface area contributed by atoms with Gasteiger partial charge < -0.3 is 0 Å². The number of rotatable bonds is 6. The molecule has 0 aliphatic carbocycles. The van der Waals surface area contributed by atoms with Gasteiger partial charge in [-0.05, 0) is 26.2 Å². The van der Waals surface area contributed by atoms with Crippen LogP contribution in [0.2, 0.25) is 0 Å². The van der Waals surface area contributed by atoms with Crippen molar-refractivity contribution in [1.82, 2.24) is 29.9 Å². The highest BCUT2D eigenvalue weighted by Crippen LogP contribution is 2.20. The minimum Gasteiger partial charge on any atom is -0.237 e.